The van der Waals surface area contributed by atoms with Crippen LogP contribution in [0.4, 0.5) is 4.39 Å². The monoisotopic (exact) mass is 341 g/mol. The number of halogens is 1. The first-order valence-electron chi connectivity index (χ1n) is 8.30. The van der Waals surface area contributed by atoms with Crippen molar-refractivity contribution in [3.63, 3.8) is 0 Å². The van der Waals surface area contributed by atoms with Gasteiger partial charge in [-0.15, -0.1) is 0 Å². The van der Waals surface area contributed by atoms with Gasteiger partial charge in [0.15, 0.2) is 0 Å². The fraction of sp³-hybridized carbons (Fsp3) is 0.316. The Morgan fingerprint density at radius 1 is 0.960 bits per heavy atom. The van der Waals surface area contributed by atoms with Gasteiger partial charge >= 0.3 is 0 Å². The molecule has 1 aliphatic rings. The predicted octanol–water partition coefficient (Wildman–Crippen LogP) is 1.98. The molecule has 0 spiro atoms. The van der Waals surface area contributed by atoms with Crippen LogP contribution in [0, 0.1) is 11.2 Å². The quantitative estimate of drug-likeness (QED) is 0.757. The van der Waals surface area contributed by atoms with Crippen LogP contribution in [-0.4, -0.2) is 23.3 Å². The van der Waals surface area contributed by atoms with Gasteiger partial charge in [-0.2, -0.15) is 0 Å². The average Bonchev–Trinajstić information content (AvgIpc) is 3.44. The van der Waals surface area contributed by atoms with Gasteiger partial charge in [0.2, 0.25) is 11.8 Å². The molecule has 1 aromatic carbocycles. The molecular formula is C19H20FN3O2. The zero-order chi connectivity index (χ0) is 17.7. The Balaban J connectivity index is 1.47. The van der Waals surface area contributed by atoms with Crippen LogP contribution < -0.4 is 10.6 Å². The third-order valence-corrected chi connectivity index (χ3v) is 4.43. The Morgan fingerprint density at radius 2 is 1.60 bits per heavy atom. The van der Waals surface area contributed by atoms with E-state index in [1.807, 2.05) is 12.1 Å². The number of pyridine rings is 1. The third kappa shape index (κ3) is 4.21. The maximum absolute atomic E-state index is 12.9. The van der Waals surface area contributed by atoms with Crippen LogP contribution in [0.25, 0.3) is 0 Å². The summed E-state index contributed by atoms with van der Waals surface area (Å²) in [6.07, 6.45) is 5.06. The van der Waals surface area contributed by atoms with Crippen LogP contribution in [0.2, 0.25) is 0 Å². The summed E-state index contributed by atoms with van der Waals surface area (Å²) in [5, 5.41) is 5.65. The van der Waals surface area contributed by atoms with E-state index in [2.05, 4.69) is 15.6 Å². The summed E-state index contributed by atoms with van der Waals surface area (Å²) < 4.78 is 12.9. The highest BCUT2D eigenvalue weighted by Crippen LogP contribution is 2.46. The summed E-state index contributed by atoms with van der Waals surface area (Å²) in [5.41, 5.74) is 0.945. The number of carbonyl (C=O) groups is 2. The largest absolute Gasteiger partial charge is 0.355 e. The average molecular weight is 341 g/mol. The molecule has 1 aliphatic carbocycles. The summed E-state index contributed by atoms with van der Waals surface area (Å²) in [5.74, 6) is -0.749. The van der Waals surface area contributed by atoms with Crippen molar-refractivity contribution >= 4 is 11.8 Å². The van der Waals surface area contributed by atoms with Gasteiger partial charge in [-0.3, -0.25) is 14.6 Å². The maximum atomic E-state index is 12.9. The van der Waals surface area contributed by atoms with E-state index < -0.39 is 5.41 Å². The van der Waals surface area contributed by atoms with Crippen LogP contribution in [0.3, 0.4) is 0 Å². The topological polar surface area (TPSA) is 71.1 Å². The van der Waals surface area contributed by atoms with Gasteiger partial charge in [0.05, 0.1) is 0 Å². The van der Waals surface area contributed by atoms with Crippen molar-refractivity contribution in [2.45, 2.75) is 25.8 Å². The highest BCUT2D eigenvalue weighted by Gasteiger charge is 2.56. The molecule has 0 atom stereocenters. The second-order valence-electron chi connectivity index (χ2n) is 6.25. The molecule has 0 bridgehead atoms. The minimum atomic E-state index is -0.935. The highest BCUT2D eigenvalue weighted by molar-refractivity contribution is 6.07. The molecular weight excluding hydrogens is 321 g/mol. The molecule has 2 aromatic rings. The first-order chi connectivity index (χ1) is 12.1. The van der Waals surface area contributed by atoms with Gasteiger partial charge in [0.1, 0.15) is 11.2 Å². The smallest absolute Gasteiger partial charge is 0.235 e. The molecule has 5 nitrogen and oxygen atoms in total. The molecule has 1 aromatic heterocycles. The van der Waals surface area contributed by atoms with Crippen molar-refractivity contribution in [2.24, 2.45) is 5.41 Å². The van der Waals surface area contributed by atoms with Crippen molar-refractivity contribution in [3.8, 4) is 0 Å². The number of hydrogen-bond donors (Lipinski definition) is 2. The van der Waals surface area contributed by atoms with Gasteiger partial charge in [0, 0.05) is 25.5 Å². The van der Waals surface area contributed by atoms with E-state index in [0.717, 1.165) is 11.1 Å². The normalized spacial score (nSPS) is 14.6. The summed E-state index contributed by atoms with van der Waals surface area (Å²) in [6, 6.07) is 9.81. The molecule has 1 heterocycles. The molecule has 25 heavy (non-hydrogen) atoms. The van der Waals surface area contributed by atoms with E-state index in [4.69, 9.17) is 0 Å². The Hall–Kier alpha value is -2.76. The number of nitrogens with zero attached hydrogens (tertiary/aromatic N) is 1. The van der Waals surface area contributed by atoms with E-state index in [-0.39, 0.29) is 17.6 Å². The first-order valence-corrected chi connectivity index (χ1v) is 8.30. The molecule has 0 radical (unpaired) electrons. The van der Waals surface area contributed by atoms with Gasteiger partial charge in [-0.05, 0) is 54.7 Å². The fourth-order valence-corrected chi connectivity index (χ4v) is 2.68. The number of rotatable bonds is 7. The molecule has 1 fully saturated rings. The lowest BCUT2D eigenvalue weighted by Gasteiger charge is -2.15. The Labute approximate surface area is 145 Å². The van der Waals surface area contributed by atoms with Crippen molar-refractivity contribution in [3.05, 3.63) is 65.7 Å². The number of carbonyl (C=O) groups excluding carboxylic acids is 2. The number of amides is 2. The number of nitrogens with one attached hydrogen (secondary N) is 2. The van der Waals surface area contributed by atoms with Crippen molar-refractivity contribution in [1.29, 1.82) is 0 Å². The second kappa shape index (κ2) is 7.42. The zero-order valence-electron chi connectivity index (χ0n) is 13.8. The summed E-state index contributed by atoms with van der Waals surface area (Å²) in [6.45, 7) is 0.801. The molecule has 0 saturated heterocycles. The number of hydrogen-bond acceptors (Lipinski definition) is 3. The summed E-state index contributed by atoms with van der Waals surface area (Å²) in [7, 11) is 0. The minimum absolute atomic E-state index is 0.233. The molecule has 3 rings (SSSR count). The molecule has 6 heteroatoms. The summed E-state index contributed by atoms with van der Waals surface area (Å²) in [4.78, 5) is 28.7. The summed E-state index contributed by atoms with van der Waals surface area (Å²) >= 11 is 0. The van der Waals surface area contributed by atoms with Crippen molar-refractivity contribution in [2.75, 3.05) is 6.54 Å². The SMILES string of the molecule is O=C(NCCc1ccc(F)cc1)C1(C(=O)NCc2ccncc2)CC1. The minimum Gasteiger partial charge on any atom is -0.355 e. The molecule has 2 amide bonds. The maximum Gasteiger partial charge on any atom is 0.235 e. The molecule has 0 aliphatic heterocycles. The lowest BCUT2D eigenvalue weighted by molar-refractivity contribution is -0.137. The van der Waals surface area contributed by atoms with Gasteiger partial charge in [-0.1, -0.05) is 12.1 Å². The Morgan fingerprint density at radius 3 is 2.24 bits per heavy atom. The van der Waals surface area contributed by atoms with Crippen molar-refractivity contribution in [1.82, 2.24) is 15.6 Å². The van der Waals surface area contributed by atoms with E-state index in [9.17, 15) is 14.0 Å². The van der Waals surface area contributed by atoms with E-state index in [1.54, 1.807) is 24.5 Å². The number of benzene rings is 1. The van der Waals surface area contributed by atoms with Crippen LogP contribution >= 0.6 is 0 Å². The standard InChI is InChI=1S/C19H20FN3O2/c20-16-3-1-14(2-4-16)7-12-22-17(24)19(8-9-19)18(25)23-13-15-5-10-21-11-6-15/h1-6,10-11H,7-9,12-13H2,(H,22,24)(H,23,25). The Kier molecular flexibility index (Phi) is 5.07. The Bertz CT molecular complexity index is 743. The zero-order valence-corrected chi connectivity index (χ0v) is 13.8. The van der Waals surface area contributed by atoms with E-state index in [1.165, 1.54) is 12.1 Å². The first kappa shape index (κ1) is 17.1. The van der Waals surface area contributed by atoms with Crippen molar-refractivity contribution < 1.29 is 14.0 Å². The third-order valence-electron chi connectivity index (χ3n) is 4.43. The fourth-order valence-electron chi connectivity index (χ4n) is 2.68. The van der Waals surface area contributed by atoms with Crippen LogP contribution in [-0.2, 0) is 22.6 Å². The lowest BCUT2D eigenvalue weighted by atomic mass is 10.0. The van der Waals surface area contributed by atoms with Crippen LogP contribution in [0.1, 0.15) is 24.0 Å². The van der Waals surface area contributed by atoms with Gasteiger partial charge < -0.3 is 10.6 Å². The predicted molar refractivity (Wildman–Crippen MR) is 90.9 cm³/mol. The van der Waals surface area contributed by atoms with E-state index >= 15 is 0 Å². The molecule has 2 N–H and O–H groups in total. The lowest BCUT2D eigenvalue weighted by Crippen LogP contribution is -2.43. The van der Waals surface area contributed by atoms with E-state index in [0.29, 0.717) is 32.4 Å². The number of aromatic nitrogens is 1. The second-order valence-corrected chi connectivity index (χ2v) is 6.25. The molecule has 1 saturated carbocycles. The van der Waals surface area contributed by atoms with Crippen LogP contribution in [0.15, 0.2) is 48.8 Å². The van der Waals surface area contributed by atoms with Gasteiger partial charge in [-0.25, -0.2) is 4.39 Å². The molecule has 130 valence electrons. The van der Waals surface area contributed by atoms with Crippen LogP contribution in [0.5, 0.6) is 0 Å². The highest BCUT2D eigenvalue weighted by atomic mass is 19.1. The molecule has 0 unspecified atom stereocenters. The van der Waals surface area contributed by atoms with Gasteiger partial charge in [0.25, 0.3) is 0 Å².